The summed E-state index contributed by atoms with van der Waals surface area (Å²) in [5.74, 6) is 0. The minimum atomic E-state index is 0.495. The standard InChI is InChI=1S/C7H11N3O/c8-4-5-9-7-3-1-2-6-10(7)11/h1-3,6,11H,4-5,8H2. The average Bonchev–Trinajstić information content (AvgIpc) is 2.03. The van der Waals surface area contributed by atoms with Gasteiger partial charge in [0.15, 0.2) is 5.49 Å². The average molecular weight is 153 g/mol. The molecule has 0 atom stereocenters. The fourth-order valence-electron chi connectivity index (χ4n) is 0.730. The Bertz CT molecular complexity index is 279. The van der Waals surface area contributed by atoms with Crippen molar-refractivity contribution in [3.63, 3.8) is 0 Å². The van der Waals surface area contributed by atoms with E-state index in [1.165, 1.54) is 6.20 Å². The molecule has 1 heterocycles. The number of aromatic nitrogens is 1. The monoisotopic (exact) mass is 153 g/mol. The maximum atomic E-state index is 9.12. The summed E-state index contributed by atoms with van der Waals surface area (Å²) in [5.41, 5.74) is 5.77. The van der Waals surface area contributed by atoms with E-state index >= 15 is 0 Å². The molecule has 1 rings (SSSR count). The van der Waals surface area contributed by atoms with Gasteiger partial charge in [0.25, 0.3) is 0 Å². The second-order valence-electron chi connectivity index (χ2n) is 2.07. The first-order valence-electron chi connectivity index (χ1n) is 3.42. The largest absolute Gasteiger partial charge is 0.427 e. The summed E-state index contributed by atoms with van der Waals surface area (Å²) in [6.07, 6.45) is 1.52. The molecule has 4 nitrogen and oxygen atoms in total. The van der Waals surface area contributed by atoms with Crippen LogP contribution < -0.4 is 11.2 Å². The Morgan fingerprint density at radius 1 is 1.55 bits per heavy atom. The molecule has 0 saturated carbocycles. The third-order valence-corrected chi connectivity index (χ3v) is 1.22. The smallest absolute Gasteiger partial charge is 0.163 e. The second-order valence-corrected chi connectivity index (χ2v) is 2.07. The molecule has 0 aliphatic heterocycles. The van der Waals surface area contributed by atoms with Crippen LogP contribution in [0.5, 0.6) is 0 Å². The van der Waals surface area contributed by atoms with E-state index in [-0.39, 0.29) is 0 Å². The van der Waals surface area contributed by atoms with Crippen LogP contribution in [0.4, 0.5) is 0 Å². The molecule has 0 radical (unpaired) electrons. The lowest BCUT2D eigenvalue weighted by molar-refractivity contribution is 0.171. The van der Waals surface area contributed by atoms with Crippen LogP contribution in [0.3, 0.4) is 0 Å². The SMILES string of the molecule is NCCN=c1ccccn1O. The van der Waals surface area contributed by atoms with Crippen LogP contribution in [0, 0.1) is 0 Å². The molecule has 0 unspecified atom stereocenters. The first-order valence-corrected chi connectivity index (χ1v) is 3.42. The van der Waals surface area contributed by atoms with Crippen LogP contribution in [0.25, 0.3) is 0 Å². The number of nitrogens with two attached hydrogens (primary N) is 1. The molecule has 1 aromatic rings. The van der Waals surface area contributed by atoms with Crippen molar-refractivity contribution in [3.05, 3.63) is 29.9 Å². The highest BCUT2D eigenvalue weighted by atomic mass is 16.5. The molecule has 1 aromatic heterocycles. The first kappa shape index (κ1) is 7.81. The van der Waals surface area contributed by atoms with Crippen LogP contribution in [0.15, 0.2) is 29.4 Å². The van der Waals surface area contributed by atoms with Crippen LogP contribution >= 0.6 is 0 Å². The van der Waals surface area contributed by atoms with Crippen molar-refractivity contribution in [2.24, 2.45) is 10.7 Å². The molecule has 3 N–H and O–H groups in total. The Morgan fingerprint density at radius 2 is 2.36 bits per heavy atom. The van der Waals surface area contributed by atoms with E-state index in [2.05, 4.69) is 4.99 Å². The number of hydrogen-bond donors (Lipinski definition) is 2. The van der Waals surface area contributed by atoms with Gasteiger partial charge in [0.2, 0.25) is 0 Å². The molecule has 0 bridgehead atoms. The van der Waals surface area contributed by atoms with Gasteiger partial charge in [-0.05, 0) is 12.1 Å². The van der Waals surface area contributed by atoms with Gasteiger partial charge >= 0.3 is 0 Å². The zero-order chi connectivity index (χ0) is 8.10. The molecule has 0 spiro atoms. The normalized spacial score (nSPS) is 11.9. The number of nitrogens with zero attached hydrogens (tertiary/aromatic N) is 2. The molecule has 60 valence electrons. The first-order chi connectivity index (χ1) is 5.34. The predicted octanol–water partition coefficient (Wildman–Crippen LogP) is -0.415. The van der Waals surface area contributed by atoms with E-state index in [4.69, 9.17) is 10.9 Å². The Labute approximate surface area is 64.6 Å². The summed E-state index contributed by atoms with van der Waals surface area (Å²) in [5, 5.41) is 9.12. The number of pyridine rings is 1. The lowest BCUT2D eigenvalue weighted by Gasteiger charge is -1.95. The van der Waals surface area contributed by atoms with Crippen molar-refractivity contribution in [1.82, 2.24) is 4.73 Å². The van der Waals surface area contributed by atoms with E-state index in [0.29, 0.717) is 18.6 Å². The molecule has 0 amide bonds. The minimum absolute atomic E-state index is 0.495. The third-order valence-electron chi connectivity index (χ3n) is 1.22. The van der Waals surface area contributed by atoms with Crippen LogP contribution in [0.1, 0.15) is 0 Å². The van der Waals surface area contributed by atoms with Crippen molar-refractivity contribution in [1.29, 1.82) is 0 Å². The van der Waals surface area contributed by atoms with Crippen molar-refractivity contribution in [3.8, 4) is 0 Å². The highest BCUT2D eigenvalue weighted by molar-refractivity contribution is 4.90. The highest BCUT2D eigenvalue weighted by Crippen LogP contribution is 1.75. The third kappa shape index (κ3) is 2.09. The summed E-state index contributed by atoms with van der Waals surface area (Å²) < 4.78 is 0.968. The van der Waals surface area contributed by atoms with E-state index in [1.54, 1.807) is 12.1 Å². The van der Waals surface area contributed by atoms with Gasteiger partial charge in [-0.15, -0.1) is 0 Å². The van der Waals surface area contributed by atoms with Crippen molar-refractivity contribution in [2.45, 2.75) is 0 Å². The maximum Gasteiger partial charge on any atom is 0.163 e. The molecule has 0 aromatic carbocycles. The summed E-state index contributed by atoms with van der Waals surface area (Å²) >= 11 is 0. The quantitative estimate of drug-likeness (QED) is 0.567. The summed E-state index contributed by atoms with van der Waals surface area (Å²) in [6, 6.07) is 5.25. The lowest BCUT2D eigenvalue weighted by Crippen LogP contribution is -2.19. The summed E-state index contributed by atoms with van der Waals surface area (Å²) in [6.45, 7) is 1.03. The van der Waals surface area contributed by atoms with Gasteiger partial charge < -0.3 is 10.9 Å². The molecule has 0 saturated heterocycles. The molecule has 0 fully saturated rings. The Morgan fingerprint density at radius 3 is 3.00 bits per heavy atom. The zero-order valence-electron chi connectivity index (χ0n) is 6.14. The van der Waals surface area contributed by atoms with Crippen LogP contribution in [-0.4, -0.2) is 23.0 Å². The second kappa shape index (κ2) is 3.78. The Kier molecular flexibility index (Phi) is 2.68. The zero-order valence-corrected chi connectivity index (χ0v) is 6.14. The number of rotatable bonds is 2. The van der Waals surface area contributed by atoms with Crippen molar-refractivity contribution >= 4 is 0 Å². The minimum Gasteiger partial charge on any atom is -0.427 e. The summed E-state index contributed by atoms with van der Waals surface area (Å²) in [7, 11) is 0. The van der Waals surface area contributed by atoms with Gasteiger partial charge in [-0.1, -0.05) is 6.07 Å². The van der Waals surface area contributed by atoms with Gasteiger partial charge in [0.1, 0.15) is 0 Å². The van der Waals surface area contributed by atoms with E-state index in [0.717, 1.165) is 4.73 Å². The molecular formula is C7H11N3O. The van der Waals surface area contributed by atoms with E-state index in [9.17, 15) is 0 Å². The summed E-state index contributed by atoms with van der Waals surface area (Å²) in [4.78, 5) is 4.01. The van der Waals surface area contributed by atoms with Gasteiger partial charge in [-0.2, -0.15) is 4.73 Å². The number of hydrogen-bond acceptors (Lipinski definition) is 3. The maximum absolute atomic E-state index is 9.12. The van der Waals surface area contributed by atoms with Gasteiger partial charge in [-0.3, -0.25) is 4.99 Å². The molecular weight excluding hydrogens is 142 g/mol. The molecule has 11 heavy (non-hydrogen) atoms. The van der Waals surface area contributed by atoms with Gasteiger partial charge in [0.05, 0.1) is 6.54 Å². The van der Waals surface area contributed by atoms with E-state index in [1.807, 2.05) is 6.07 Å². The van der Waals surface area contributed by atoms with Crippen LogP contribution in [0.2, 0.25) is 0 Å². The fourth-order valence-corrected chi connectivity index (χ4v) is 0.730. The van der Waals surface area contributed by atoms with Gasteiger partial charge in [0, 0.05) is 12.7 Å². The Balaban J connectivity index is 2.93. The van der Waals surface area contributed by atoms with Gasteiger partial charge in [-0.25, -0.2) is 0 Å². The van der Waals surface area contributed by atoms with Crippen molar-refractivity contribution in [2.75, 3.05) is 13.1 Å². The molecule has 0 aliphatic carbocycles. The molecule has 4 heteroatoms. The van der Waals surface area contributed by atoms with Crippen LogP contribution in [-0.2, 0) is 0 Å². The van der Waals surface area contributed by atoms with Crippen molar-refractivity contribution < 1.29 is 5.21 Å². The van der Waals surface area contributed by atoms with E-state index < -0.39 is 0 Å². The topological polar surface area (TPSA) is 63.5 Å². The Hall–Kier alpha value is -1.29. The lowest BCUT2D eigenvalue weighted by atomic mass is 10.5. The fraction of sp³-hybridized carbons (Fsp3) is 0.286. The highest BCUT2D eigenvalue weighted by Gasteiger charge is 1.84. The predicted molar refractivity (Wildman–Crippen MR) is 41.1 cm³/mol. The molecule has 0 aliphatic rings.